The molecule has 23 heavy (non-hydrogen) atoms. The number of carbonyl (C=O) groups is 1. The highest BCUT2D eigenvalue weighted by Crippen LogP contribution is 2.36. The van der Waals surface area contributed by atoms with Gasteiger partial charge in [0.1, 0.15) is 6.33 Å². The summed E-state index contributed by atoms with van der Waals surface area (Å²) in [6.07, 6.45) is 1.61. The Labute approximate surface area is 132 Å². The van der Waals surface area contributed by atoms with Crippen molar-refractivity contribution < 1.29 is 13.6 Å². The van der Waals surface area contributed by atoms with E-state index in [1.54, 1.807) is 36.3 Å². The van der Waals surface area contributed by atoms with Crippen LogP contribution in [-0.4, -0.2) is 26.6 Å². The largest absolute Gasteiger partial charge is 0.326 e. The quantitative estimate of drug-likeness (QED) is 0.944. The number of nitrogens with one attached hydrogen (secondary N) is 1. The number of anilines is 1. The van der Waals surface area contributed by atoms with E-state index in [2.05, 4.69) is 15.4 Å². The summed E-state index contributed by atoms with van der Waals surface area (Å²) in [7, 11) is 1.78. The lowest BCUT2D eigenvalue weighted by Crippen LogP contribution is -2.31. The molecule has 0 radical (unpaired) electrons. The zero-order valence-electron chi connectivity index (χ0n) is 12.8. The topological polar surface area (TPSA) is 59.8 Å². The summed E-state index contributed by atoms with van der Waals surface area (Å²) in [4.78, 5) is 16.4. The van der Waals surface area contributed by atoms with Gasteiger partial charge in [0.25, 0.3) is 0 Å². The normalized spacial score (nSPS) is 17.9. The third-order valence-corrected chi connectivity index (χ3v) is 4.08. The van der Waals surface area contributed by atoms with Crippen molar-refractivity contribution in [2.24, 2.45) is 13.0 Å². The first kappa shape index (κ1) is 15.6. The molecule has 7 heteroatoms. The van der Waals surface area contributed by atoms with Crippen LogP contribution in [0.3, 0.4) is 0 Å². The van der Waals surface area contributed by atoms with E-state index in [0.717, 1.165) is 5.56 Å². The minimum atomic E-state index is -2.62. The maximum Gasteiger partial charge on any atom is 0.248 e. The van der Waals surface area contributed by atoms with Gasteiger partial charge in [-0.15, -0.1) is 0 Å². The summed E-state index contributed by atoms with van der Waals surface area (Å²) in [5.41, 5.74) is 1.41. The molecule has 0 saturated heterocycles. The fourth-order valence-electron chi connectivity index (χ4n) is 2.75. The number of aryl methyl sites for hydroxylation is 1. The molecule has 1 fully saturated rings. The molecule has 1 saturated carbocycles. The van der Waals surface area contributed by atoms with E-state index in [-0.39, 0.29) is 37.5 Å². The van der Waals surface area contributed by atoms with Crippen molar-refractivity contribution in [2.75, 3.05) is 5.32 Å². The van der Waals surface area contributed by atoms with Crippen molar-refractivity contribution in [2.45, 2.75) is 31.6 Å². The molecule has 5 nitrogen and oxygen atoms in total. The number of hydrogen-bond donors (Lipinski definition) is 1. The minimum absolute atomic E-state index is 0.202. The Morgan fingerprint density at radius 1 is 1.35 bits per heavy atom. The van der Waals surface area contributed by atoms with Crippen molar-refractivity contribution in [1.29, 1.82) is 0 Å². The van der Waals surface area contributed by atoms with Gasteiger partial charge in [0.15, 0.2) is 5.82 Å². The highest BCUT2D eigenvalue weighted by molar-refractivity contribution is 5.93. The molecule has 1 heterocycles. The summed E-state index contributed by atoms with van der Waals surface area (Å²) in [5.74, 6) is -2.61. The van der Waals surface area contributed by atoms with Gasteiger partial charge in [-0.1, -0.05) is 12.1 Å². The molecular formula is C16H18F2N4O. The maximum atomic E-state index is 13.2. The third-order valence-electron chi connectivity index (χ3n) is 4.08. The van der Waals surface area contributed by atoms with Crippen LogP contribution in [0.4, 0.5) is 14.5 Å². The Balaban J connectivity index is 1.67. The molecule has 122 valence electrons. The maximum absolute atomic E-state index is 13.2. The Morgan fingerprint density at radius 2 is 2.09 bits per heavy atom. The van der Waals surface area contributed by atoms with Crippen LogP contribution in [0.15, 0.2) is 30.6 Å². The molecule has 1 aliphatic carbocycles. The molecule has 3 rings (SSSR count). The predicted molar refractivity (Wildman–Crippen MR) is 82.0 cm³/mol. The molecule has 0 spiro atoms. The first-order valence-corrected chi connectivity index (χ1v) is 7.58. The lowest BCUT2D eigenvalue weighted by atomic mass is 9.86. The minimum Gasteiger partial charge on any atom is -0.326 e. The molecule has 1 aliphatic rings. The molecular weight excluding hydrogens is 302 g/mol. The summed E-state index contributed by atoms with van der Waals surface area (Å²) >= 11 is 0. The van der Waals surface area contributed by atoms with Gasteiger partial charge >= 0.3 is 0 Å². The predicted octanol–water partition coefficient (Wildman–Crippen LogP) is 3.25. The monoisotopic (exact) mass is 320 g/mol. The second kappa shape index (κ2) is 6.06. The van der Waals surface area contributed by atoms with Crippen molar-refractivity contribution in [3.63, 3.8) is 0 Å². The van der Waals surface area contributed by atoms with E-state index in [1.807, 2.05) is 6.07 Å². The first-order valence-electron chi connectivity index (χ1n) is 7.58. The molecule has 0 aliphatic heterocycles. The second-order valence-corrected chi connectivity index (χ2v) is 5.94. The highest BCUT2D eigenvalue weighted by atomic mass is 19.3. The fraction of sp³-hybridized carbons (Fsp3) is 0.438. The number of aromatic nitrogens is 3. The van der Waals surface area contributed by atoms with Gasteiger partial charge in [-0.25, -0.2) is 13.8 Å². The van der Waals surface area contributed by atoms with E-state index >= 15 is 0 Å². The lowest BCUT2D eigenvalue weighted by molar-refractivity contribution is -0.124. The average molecular weight is 320 g/mol. The zero-order chi connectivity index (χ0) is 16.4. The van der Waals surface area contributed by atoms with E-state index in [4.69, 9.17) is 0 Å². The van der Waals surface area contributed by atoms with Crippen molar-refractivity contribution >= 4 is 11.6 Å². The number of halogens is 2. The summed E-state index contributed by atoms with van der Waals surface area (Å²) in [6, 6.07) is 7.20. The molecule has 1 amide bonds. The van der Waals surface area contributed by atoms with Crippen LogP contribution in [-0.2, 0) is 11.8 Å². The number of nitrogens with zero attached hydrogens (tertiary/aromatic N) is 3. The van der Waals surface area contributed by atoms with Gasteiger partial charge in [0.05, 0.1) is 0 Å². The standard InChI is InChI=1S/C16H18F2N4O/c1-22-10-19-14(21-22)12-3-2-4-13(9-12)20-15(23)11-5-7-16(17,18)8-6-11/h2-4,9-11H,5-8H2,1H3,(H,20,23). The van der Waals surface area contributed by atoms with E-state index in [1.165, 1.54) is 0 Å². The molecule has 1 aromatic carbocycles. The lowest BCUT2D eigenvalue weighted by Gasteiger charge is -2.27. The van der Waals surface area contributed by atoms with E-state index < -0.39 is 5.92 Å². The van der Waals surface area contributed by atoms with Gasteiger partial charge in [-0.2, -0.15) is 5.10 Å². The SMILES string of the molecule is Cn1cnc(-c2cccc(NC(=O)C3CCC(F)(F)CC3)c2)n1. The third kappa shape index (κ3) is 3.72. The Kier molecular flexibility index (Phi) is 4.11. The second-order valence-electron chi connectivity index (χ2n) is 5.94. The molecule has 0 unspecified atom stereocenters. The molecule has 1 aromatic heterocycles. The Morgan fingerprint density at radius 3 is 2.74 bits per heavy atom. The Bertz CT molecular complexity index is 704. The van der Waals surface area contributed by atoms with Crippen LogP contribution >= 0.6 is 0 Å². The zero-order valence-corrected chi connectivity index (χ0v) is 12.8. The van der Waals surface area contributed by atoms with Crippen LogP contribution in [0, 0.1) is 5.92 Å². The number of alkyl halides is 2. The van der Waals surface area contributed by atoms with Crippen molar-refractivity contribution in [1.82, 2.24) is 14.8 Å². The first-order chi connectivity index (χ1) is 10.9. The fourth-order valence-corrected chi connectivity index (χ4v) is 2.75. The van der Waals surface area contributed by atoms with E-state index in [0.29, 0.717) is 11.5 Å². The molecule has 0 bridgehead atoms. The van der Waals surface area contributed by atoms with E-state index in [9.17, 15) is 13.6 Å². The van der Waals surface area contributed by atoms with Gasteiger partial charge in [-0.3, -0.25) is 9.48 Å². The van der Waals surface area contributed by atoms with Gasteiger partial charge in [0.2, 0.25) is 11.8 Å². The average Bonchev–Trinajstić information content (AvgIpc) is 2.94. The van der Waals surface area contributed by atoms with Crippen LogP contribution in [0.5, 0.6) is 0 Å². The number of benzene rings is 1. The van der Waals surface area contributed by atoms with Crippen molar-refractivity contribution in [3.05, 3.63) is 30.6 Å². The van der Waals surface area contributed by atoms with Crippen LogP contribution < -0.4 is 5.32 Å². The number of rotatable bonds is 3. The molecule has 0 atom stereocenters. The Hall–Kier alpha value is -2.31. The van der Waals surface area contributed by atoms with Gasteiger partial charge < -0.3 is 5.32 Å². The highest BCUT2D eigenvalue weighted by Gasteiger charge is 2.37. The summed E-state index contributed by atoms with van der Waals surface area (Å²) in [5, 5.41) is 7.03. The summed E-state index contributed by atoms with van der Waals surface area (Å²) < 4.78 is 27.9. The molecule has 1 N–H and O–H groups in total. The number of amides is 1. The van der Waals surface area contributed by atoms with Gasteiger partial charge in [0, 0.05) is 37.1 Å². The van der Waals surface area contributed by atoms with Crippen LogP contribution in [0.25, 0.3) is 11.4 Å². The number of hydrogen-bond acceptors (Lipinski definition) is 3. The number of carbonyl (C=O) groups excluding carboxylic acids is 1. The smallest absolute Gasteiger partial charge is 0.248 e. The van der Waals surface area contributed by atoms with Crippen LogP contribution in [0.1, 0.15) is 25.7 Å². The molecule has 2 aromatic rings. The van der Waals surface area contributed by atoms with Crippen LogP contribution in [0.2, 0.25) is 0 Å². The summed E-state index contributed by atoms with van der Waals surface area (Å²) in [6.45, 7) is 0. The van der Waals surface area contributed by atoms with Crippen molar-refractivity contribution in [3.8, 4) is 11.4 Å². The van der Waals surface area contributed by atoms with Gasteiger partial charge in [-0.05, 0) is 25.0 Å².